The lowest BCUT2D eigenvalue weighted by molar-refractivity contribution is -0.131. The van der Waals surface area contributed by atoms with Crippen molar-refractivity contribution in [3.8, 4) is 0 Å². The van der Waals surface area contributed by atoms with E-state index in [1.807, 2.05) is 24.1 Å². The summed E-state index contributed by atoms with van der Waals surface area (Å²) >= 11 is 0. The molecule has 2 rings (SSSR count). The molecular weight excluding hydrogens is 256 g/mol. The van der Waals surface area contributed by atoms with Crippen molar-refractivity contribution in [2.24, 2.45) is 5.92 Å². The first kappa shape index (κ1) is 14.5. The summed E-state index contributed by atoms with van der Waals surface area (Å²) in [5, 5.41) is 8.55. The van der Waals surface area contributed by atoms with Crippen LogP contribution in [0.5, 0.6) is 0 Å². The van der Waals surface area contributed by atoms with Gasteiger partial charge in [-0.1, -0.05) is 0 Å². The third-order valence-corrected chi connectivity index (χ3v) is 3.20. The summed E-state index contributed by atoms with van der Waals surface area (Å²) in [6, 6.07) is 3.73. The van der Waals surface area contributed by atoms with Crippen LogP contribution in [0.1, 0.15) is 18.4 Å². The molecule has 1 aromatic rings. The van der Waals surface area contributed by atoms with Gasteiger partial charge in [-0.25, -0.2) is 9.78 Å². The standard InChI is InChI=1S/C15H20N2O3/c1-17(8-9-20-11-13-2-3-13)14-6-4-12(10-16-14)5-7-15(18)19/h4-7,10,13H,2-3,8-9,11H2,1H3,(H,18,19)/b7-5+. The second-order valence-corrected chi connectivity index (χ2v) is 5.06. The van der Waals surface area contributed by atoms with Crippen molar-refractivity contribution < 1.29 is 14.6 Å². The molecule has 1 aliphatic carbocycles. The molecule has 1 heterocycles. The fraction of sp³-hybridized carbons (Fsp3) is 0.467. The molecule has 20 heavy (non-hydrogen) atoms. The van der Waals surface area contributed by atoms with E-state index in [4.69, 9.17) is 9.84 Å². The van der Waals surface area contributed by atoms with Crippen LogP contribution in [0.25, 0.3) is 6.08 Å². The predicted octanol–water partition coefficient (Wildman–Crippen LogP) is 2.04. The van der Waals surface area contributed by atoms with Crippen LogP contribution < -0.4 is 4.90 Å². The summed E-state index contributed by atoms with van der Waals surface area (Å²) in [4.78, 5) is 16.8. The van der Waals surface area contributed by atoms with Gasteiger partial charge < -0.3 is 14.7 Å². The second kappa shape index (κ2) is 7.05. The van der Waals surface area contributed by atoms with Crippen molar-refractivity contribution in [3.05, 3.63) is 30.0 Å². The summed E-state index contributed by atoms with van der Waals surface area (Å²) < 4.78 is 5.59. The van der Waals surface area contributed by atoms with Crippen molar-refractivity contribution in [1.29, 1.82) is 0 Å². The van der Waals surface area contributed by atoms with Crippen molar-refractivity contribution >= 4 is 17.9 Å². The maximum absolute atomic E-state index is 10.4. The molecule has 0 radical (unpaired) electrons. The first-order valence-electron chi connectivity index (χ1n) is 6.81. The largest absolute Gasteiger partial charge is 0.478 e. The van der Waals surface area contributed by atoms with E-state index in [1.165, 1.54) is 18.9 Å². The zero-order valence-electron chi connectivity index (χ0n) is 11.7. The third kappa shape index (κ3) is 5.01. The molecule has 0 amide bonds. The van der Waals surface area contributed by atoms with Crippen molar-refractivity contribution in [3.63, 3.8) is 0 Å². The van der Waals surface area contributed by atoms with Crippen LogP contribution in [0.4, 0.5) is 5.82 Å². The lowest BCUT2D eigenvalue weighted by Crippen LogP contribution is -2.23. The Morgan fingerprint density at radius 1 is 1.55 bits per heavy atom. The topological polar surface area (TPSA) is 62.7 Å². The number of likely N-dealkylation sites (N-methyl/N-ethyl adjacent to an activating group) is 1. The van der Waals surface area contributed by atoms with Crippen molar-refractivity contribution in [2.45, 2.75) is 12.8 Å². The van der Waals surface area contributed by atoms with Gasteiger partial charge in [0, 0.05) is 32.5 Å². The molecule has 108 valence electrons. The van der Waals surface area contributed by atoms with Gasteiger partial charge in [0.25, 0.3) is 0 Å². The van der Waals surface area contributed by atoms with Gasteiger partial charge in [-0.15, -0.1) is 0 Å². The van der Waals surface area contributed by atoms with E-state index >= 15 is 0 Å². The van der Waals surface area contributed by atoms with Gasteiger partial charge in [0.05, 0.1) is 6.61 Å². The molecular formula is C15H20N2O3. The van der Waals surface area contributed by atoms with Gasteiger partial charge in [-0.3, -0.25) is 0 Å². The molecule has 0 saturated heterocycles. The van der Waals surface area contributed by atoms with Gasteiger partial charge in [0.1, 0.15) is 5.82 Å². The van der Waals surface area contributed by atoms with E-state index in [2.05, 4.69) is 4.98 Å². The number of hydrogen-bond donors (Lipinski definition) is 1. The second-order valence-electron chi connectivity index (χ2n) is 5.06. The van der Waals surface area contributed by atoms with E-state index in [0.29, 0.717) is 6.61 Å². The van der Waals surface area contributed by atoms with Crippen LogP contribution in [0.15, 0.2) is 24.4 Å². The highest BCUT2D eigenvalue weighted by atomic mass is 16.5. The first-order valence-corrected chi connectivity index (χ1v) is 6.81. The molecule has 0 aromatic carbocycles. The number of rotatable bonds is 8. The van der Waals surface area contributed by atoms with Crippen LogP contribution in [0.3, 0.4) is 0 Å². The van der Waals surface area contributed by atoms with Gasteiger partial charge in [0.2, 0.25) is 0 Å². The number of ether oxygens (including phenoxy) is 1. The van der Waals surface area contributed by atoms with Crippen LogP contribution in [0, 0.1) is 5.92 Å². The summed E-state index contributed by atoms with van der Waals surface area (Å²) in [5.74, 6) is 0.685. The Kier molecular flexibility index (Phi) is 5.12. The molecule has 1 fully saturated rings. The zero-order chi connectivity index (χ0) is 14.4. The molecule has 1 saturated carbocycles. The minimum atomic E-state index is -0.959. The minimum absolute atomic E-state index is 0.704. The summed E-state index contributed by atoms with van der Waals surface area (Å²) in [6.45, 7) is 2.37. The van der Waals surface area contributed by atoms with Crippen LogP contribution >= 0.6 is 0 Å². The average molecular weight is 276 g/mol. The highest BCUT2D eigenvalue weighted by molar-refractivity contribution is 5.85. The van der Waals surface area contributed by atoms with Gasteiger partial charge in [-0.05, 0) is 42.5 Å². The monoisotopic (exact) mass is 276 g/mol. The Hall–Kier alpha value is -1.88. The number of anilines is 1. The lowest BCUT2D eigenvalue weighted by atomic mass is 10.2. The maximum Gasteiger partial charge on any atom is 0.328 e. The molecule has 1 aromatic heterocycles. The molecule has 1 aliphatic rings. The number of pyridine rings is 1. The van der Waals surface area contributed by atoms with Crippen LogP contribution in [0.2, 0.25) is 0 Å². The van der Waals surface area contributed by atoms with Crippen LogP contribution in [-0.4, -0.2) is 42.9 Å². The molecule has 5 nitrogen and oxygen atoms in total. The molecule has 0 aliphatic heterocycles. The fourth-order valence-electron chi connectivity index (χ4n) is 1.74. The summed E-state index contributed by atoms with van der Waals surface area (Å²) in [7, 11) is 1.97. The molecule has 0 bridgehead atoms. The number of carboxylic acids is 1. The Morgan fingerprint density at radius 2 is 2.35 bits per heavy atom. The Labute approximate surface area is 118 Å². The van der Waals surface area contributed by atoms with Gasteiger partial charge >= 0.3 is 5.97 Å². The van der Waals surface area contributed by atoms with E-state index in [1.54, 1.807) is 6.20 Å². The average Bonchev–Trinajstić information content (AvgIpc) is 3.26. The molecule has 0 spiro atoms. The normalized spacial score (nSPS) is 14.7. The van der Waals surface area contributed by atoms with E-state index in [9.17, 15) is 4.79 Å². The molecule has 1 N–H and O–H groups in total. The molecule has 0 unspecified atom stereocenters. The highest BCUT2D eigenvalue weighted by Gasteiger charge is 2.20. The highest BCUT2D eigenvalue weighted by Crippen LogP contribution is 2.28. The lowest BCUT2D eigenvalue weighted by Gasteiger charge is -2.18. The summed E-state index contributed by atoms with van der Waals surface area (Å²) in [5.41, 5.74) is 0.773. The van der Waals surface area contributed by atoms with E-state index in [0.717, 1.165) is 36.5 Å². The van der Waals surface area contributed by atoms with Crippen molar-refractivity contribution in [2.75, 3.05) is 31.7 Å². The number of carboxylic acid groups (broad SMARTS) is 1. The van der Waals surface area contributed by atoms with Crippen molar-refractivity contribution in [1.82, 2.24) is 4.98 Å². The minimum Gasteiger partial charge on any atom is -0.478 e. The number of carbonyl (C=O) groups is 1. The van der Waals surface area contributed by atoms with Gasteiger partial charge in [-0.2, -0.15) is 0 Å². The number of aliphatic carboxylic acids is 1. The van der Waals surface area contributed by atoms with Crippen LogP contribution in [-0.2, 0) is 9.53 Å². The summed E-state index contributed by atoms with van der Waals surface area (Å²) in [6.07, 6.45) is 6.91. The van der Waals surface area contributed by atoms with E-state index < -0.39 is 5.97 Å². The Bertz CT molecular complexity index is 467. The maximum atomic E-state index is 10.4. The number of hydrogen-bond acceptors (Lipinski definition) is 4. The van der Waals surface area contributed by atoms with Gasteiger partial charge in [0.15, 0.2) is 0 Å². The van der Waals surface area contributed by atoms with E-state index in [-0.39, 0.29) is 0 Å². The smallest absolute Gasteiger partial charge is 0.328 e. The first-order chi connectivity index (χ1) is 9.65. The number of aromatic nitrogens is 1. The quantitative estimate of drug-likeness (QED) is 0.581. The fourth-order valence-corrected chi connectivity index (χ4v) is 1.74. The Morgan fingerprint density at radius 3 is 2.95 bits per heavy atom. The third-order valence-electron chi connectivity index (χ3n) is 3.20. The predicted molar refractivity (Wildman–Crippen MR) is 77.7 cm³/mol. The Balaban J connectivity index is 1.76. The molecule has 0 atom stereocenters. The number of nitrogens with zero attached hydrogens (tertiary/aromatic N) is 2. The molecule has 5 heteroatoms. The SMILES string of the molecule is CN(CCOCC1CC1)c1ccc(/C=C/C(=O)O)cn1. The zero-order valence-corrected chi connectivity index (χ0v) is 11.7.